The Kier molecular flexibility index (Phi) is 4.30. The van der Waals surface area contributed by atoms with Crippen LogP contribution < -0.4 is 11.1 Å². The van der Waals surface area contributed by atoms with Crippen molar-refractivity contribution in [3.63, 3.8) is 0 Å². The third-order valence-corrected chi connectivity index (χ3v) is 3.62. The first kappa shape index (κ1) is 14.8. The Labute approximate surface area is 129 Å². The Morgan fingerprint density at radius 1 is 1.35 bits per heavy atom. The van der Waals surface area contributed by atoms with Gasteiger partial charge in [-0.05, 0) is 58.7 Å². The van der Waals surface area contributed by atoms with Crippen molar-refractivity contribution >= 4 is 44.8 Å². The van der Waals surface area contributed by atoms with E-state index in [9.17, 15) is 9.18 Å². The van der Waals surface area contributed by atoms with Crippen molar-refractivity contribution in [2.24, 2.45) is 0 Å². The molecule has 0 saturated carbocycles. The molecule has 0 aliphatic carbocycles. The van der Waals surface area contributed by atoms with Crippen molar-refractivity contribution in [3.8, 4) is 0 Å². The summed E-state index contributed by atoms with van der Waals surface area (Å²) in [6.45, 7) is 1.70. The third-order valence-electron chi connectivity index (χ3n) is 2.78. The molecule has 0 saturated heterocycles. The lowest BCUT2D eigenvalue weighted by Gasteiger charge is -2.11. The van der Waals surface area contributed by atoms with Gasteiger partial charge in [0.25, 0.3) is 5.91 Å². The molecule has 104 valence electrons. The number of rotatable bonds is 2. The molecular weight excluding hydrogens is 347 g/mol. The van der Waals surface area contributed by atoms with Gasteiger partial charge in [0.1, 0.15) is 5.82 Å². The summed E-state index contributed by atoms with van der Waals surface area (Å²) >= 11 is 8.93. The van der Waals surface area contributed by atoms with Crippen LogP contribution >= 0.6 is 27.5 Å². The standard InChI is InChI=1S/C14H11BrClFN2O/c1-7-4-11(17)10(15)6-13(7)19-14(20)9-5-8(16)2-3-12(9)18/h2-6H,18H2,1H3,(H,19,20). The summed E-state index contributed by atoms with van der Waals surface area (Å²) in [5.41, 5.74) is 7.46. The minimum Gasteiger partial charge on any atom is -0.398 e. The highest BCUT2D eigenvalue weighted by Crippen LogP contribution is 2.26. The fourth-order valence-corrected chi connectivity index (χ4v) is 2.21. The number of benzene rings is 2. The first-order chi connectivity index (χ1) is 9.38. The lowest BCUT2D eigenvalue weighted by atomic mass is 10.1. The number of nitrogen functional groups attached to an aromatic ring is 1. The molecule has 2 aromatic carbocycles. The molecule has 0 unspecified atom stereocenters. The number of carbonyl (C=O) groups excluding carboxylic acids is 1. The van der Waals surface area contributed by atoms with Crippen LogP contribution in [0.25, 0.3) is 0 Å². The van der Waals surface area contributed by atoms with Crippen molar-refractivity contribution in [1.82, 2.24) is 0 Å². The van der Waals surface area contributed by atoms with E-state index in [2.05, 4.69) is 21.2 Å². The number of hydrogen-bond donors (Lipinski definition) is 2. The molecular formula is C14H11BrClFN2O. The van der Waals surface area contributed by atoms with E-state index < -0.39 is 5.91 Å². The molecule has 0 aliphatic heterocycles. The predicted octanol–water partition coefficient (Wildman–Crippen LogP) is 4.38. The molecule has 20 heavy (non-hydrogen) atoms. The molecule has 2 rings (SSSR count). The highest BCUT2D eigenvalue weighted by Gasteiger charge is 2.13. The third kappa shape index (κ3) is 3.11. The maximum atomic E-state index is 13.3. The number of aryl methyl sites for hydroxylation is 1. The fraction of sp³-hybridized carbons (Fsp3) is 0.0714. The van der Waals surface area contributed by atoms with E-state index in [-0.39, 0.29) is 15.9 Å². The zero-order chi connectivity index (χ0) is 14.9. The topological polar surface area (TPSA) is 55.1 Å². The Morgan fingerprint density at radius 3 is 2.75 bits per heavy atom. The molecule has 0 aromatic heterocycles. The molecule has 0 radical (unpaired) electrons. The molecule has 2 aromatic rings. The molecule has 3 nitrogen and oxygen atoms in total. The first-order valence-electron chi connectivity index (χ1n) is 5.70. The maximum absolute atomic E-state index is 13.3. The van der Waals surface area contributed by atoms with E-state index >= 15 is 0 Å². The van der Waals surface area contributed by atoms with Gasteiger partial charge in [0, 0.05) is 16.4 Å². The molecule has 0 spiro atoms. The van der Waals surface area contributed by atoms with E-state index in [0.29, 0.717) is 22.0 Å². The number of carbonyl (C=O) groups is 1. The Hall–Kier alpha value is -1.59. The van der Waals surface area contributed by atoms with E-state index in [1.807, 2.05) is 0 Å². The number of anilines is 2. The lowest BCUT2D eigenvalue weighted by molar-refractivity contribution is 0.102. The minimum atomic E-state index is -0.397. The number of hydrogen-bond acceptors (Lipinski definition) is 2. The number of nitrogens with two attached hydrogens (primary N) is 1. The smallest absolute Gasteiger partial charge is 0.257 e. The Morgan fingerprint density at radius 2 is 2.05 bits per heavy atom. The van der Waals surface area contributed by atoms with Crippen LogP contribution in [0.1, 0.15) is 15.9 Å². The second kappa shape index (κ2) is 5.81. The highest BCUT2D eigenvalue weighted by molar-refractivity contribution is 9.10. The summed E-state index contributed by atoms with van der Waals surface area (Å²) < 4.78 is 13.6. The summed E-state index contributed by atoms with van der Waals surface area (Å²) in [6, 6.07) is 7.49. The highest BCUT2D eigenvalue weighted by atomic mass is 79.9. The Bertz CT molecular complexity index is 691. The molecule has 0 bridgehead atoms. The Balaban J connectivity index is 2.32. The summed E-state index contributed by atoms with van der Waals surface area (Å²) in [6.07, 6.45) is 0. The van der Waals surface area contributed by atoms with Crippen LogP contribution in [-0.4, -0.2) is 5.91 Å². The van der Waals surface area contributed by atoms with Gasteiger partial charge in [-0.15, -0.1) is 0 Å². The van der Waals surface area contributed by atoms with Gasteiger partial charge in [0.2, 0.25) is 0 Å². The van der Waals surface area contributed by atoms with E-state index in [4.69, 9.17) is 17.3 Å². The van der Waals surface area contributed by atoms with Gasteiger partial charge in [-0.1, -0.05) is 11.6 Å². The molecule has 0 heterocycles. The van der Waals surface area contributed by atoms with E-state index in [1.54, 1.807) is 19.1 Å². The maximum Gasteiger partial charge on any atom is 0.257 e. The molecule has 6 heteroatoms. The van der Waals surface area contributed by atoms with Crippen molar-refractivity contribution in [2.45, 2.75) is 6.92 Å². The number of halogens is 3. The van der Waals surface area contributed by atoms with Crippen molar-refractivity contribution in [2.75, 3.05) is 11.1 Å². The van der Waals surface area contributed by atoms with Gasteiger partial charge in [-0.3, -0.25) is 4.79 Å². The van der Waals surface area contributed by atoms with E-state index in [1.165, 1.54) is 18.2 Å². The average molecular weight is 358 g/mol. The predicted molar refractivity (Wildman–Crippen MR) is 82.7 cm³/mol. The lowest BCUT2D eigenvalue weighted by Crippen LogP contribution is -2.15. The van der Waals surface area contributed by atoms with Gasteiger partial charge in [0.05, 0.1) is 10.0 Å². The second-order valence-corrected chi connectivity index (χ2v) is 5.56. The van der Waals surface area contributed by atoms with Crippen LogP contribution in [0.5, 0.6) is 0 Å². The SMILES string of the molecule is Cc1cc(F)c(Br)cc1NC(=O)c1cc(Cl)ccc1N. The summed E-state index contributed by atoms with van der Waals surface area (Å²) in [5.74, 6) is -0.783. The first-order valence-corrected chi connectivity index (χ1v) is 6.87. The van der Waals surface area contributed by atoms with Crippen molar-refractivity contribution < 1.29 is 9.18 Å². The van der Waals surface area contributed by atoms with Crippen molar-refractivity contribution in [1.29, 1.82) is 0 Å². The van der Waals surface area contributed by atoms with E-state index in [0.717, 1.165) is 0 Å². The second-order valence-electron chi connectivity index (χ2n) is 4.27. The monoisotopic (exact) mass is 356 g/mol. The van der Waals surface area contributed by atoms with Crippen LogP contribution in [0.4, 0.5) is 15.8 Å². The zero-order valence-electron chi connectivity index (χ0n) is 10.5. The zero-order valence-corrected chi connectivity index (χ0v) is 12.8. The van der Waals surface area contributed by atoms with Gasteiger partial charge in [-0.25, -0.2) is 4.39 Å². The van der Waals surface area contributed by atoms with Crippen LogP contribution in [0.15, 0.2) is 34.8 Å². The molecule has 0 atom stereocenters. The van der Waals surface area contributed by atoms with Crippen LogP contribution in [0.2, 0.25) is 5.02 Å². The van der Waals surface area contributed by atoms with Gasteiger partial charge in [0.15, 0.2) is 0 Å². The number of nitrogens with one attached hydrogen (secondary N) is 1. The molecule has 3 N–H and O–H groups in total. The fourth-order valence-electron chi connectivity index (χ4n) is 1.70. The van der Waals surface area contributed by atoms with Gasteiger partial charge < -0.3 is 11.1 Å². The average Bonchev–Trinajstić information content (AvgIpc) is 2.38. The van der Waals surface area contributed by atoms with Crippen LogP contribution in [0, 0.1) is 12.7 Å². The summed E-state index contributed by atoms with van der Waals surface area (Å²) in [7, 11) is 0. The van der Waals surface area contributed by atoms with Crippen LogP contribution in [-0.2, 0) is 0 Å². The van der Waals surface area contributed by atoms with Gasteiger partial charge in [-0.2, -0.15) is 0 Å². The van der Waals surface area contributed by atoms with Gasteiger partial charge >= 0.3 is 0 Å². The van der Waals surface area contributed by atoms with Crippen LogP contribution in [0.3, 0.4) is 0 Å². The minimum absolute atomic E-state index is 0.275. The normalized spacial score (nSPS) is 10.4. The molecule has 0 fully saturated rings. The molecule has 0 aliphatic rings. The summed E-state index contributed by atoms with van der Waals surface area (Å²) in [4.78, 5) is 12.2. The molecule has 1 amide bonds. The van der Waals surface area contributed by atoms with Crippen molar-refractivity contribution in [3.05, 3.63) is 56.8 Å². The number of amides is 1. The summed E-state index contributed by atoms with van der Waals surface area (Å²) in [5, 5.41) is 3.11. The largest absolute Gasteiger partial charge is 0.398 e. The quantitative estimate of drug-likeness (QED) is 0.783.